The molecule has 3 heteroatoms. The first-order valence-corrected chi connectivity index (χ1v) is 6.81. The van der Waals surface area contributed by atoms with Gasteiger partial charge in [0.2, 0.25) is 0 Å². The third-order valence-electron chi connectivity index (χ3n) is 3.72. The second-order valence-electron chi connectivity index (χ2n) is 5.34. The third-order valence-corrected chi connectivity index (χ3v) is 3.72. The lowest BCUT2D eigenvalue weighted by atomic mass is 10.0. The summed E-state index contributed by atoms with van der Waals surface area (Å²) in [7, 11) is 0. The van der Waals surface area contributed by atoms with Gasteiger partial charge in [0, 0.05) is 17.6 Å². The highest BCUT2D eigenvalue weighted by molar-refractivity contribution is 5.21. The Morgan fingerprint density at radius 3 is 2.67 bits per heavy atom. The zero-order valence-electron chi connectivity index (χ0n) is 11.0. The van der Waals surface area contributed by atoms with E-state index in [0.29, 0.717) is 11.6 Å². The van der Waals surface area contributed by atoms with Crippen LogP contribution in [0.4, 0.5) is 8.78 Å². The van der Waals surface area contributed by atoms with Gasteiger partial charge in [-0.1, -0.05) is 19.8 Å². The molecule has 2 rings (SSSR count). The van der Waals surface area contributed by atoms with Crippen LogP contribution < -0.4 is 5.32 Å². The lowest BCUT2D eigenvalue weighted by Gasteiger charge is -2.23. The SMILES string of the molecule is CCC(CC1CC1)NC(C)c1cc(F)ccc1F. The minimum Gasteiger partial charge on any atom is -0.307 e. The van der Waals surface area contributed by atoms with Crippen molar-refractivity contribution in [1.29, 1.82) is 0 Å². The van der Waals surface area contributed by atoms with Crippen molar-refractivity contribution in [2.75, 3.05) is 0 Å². The normalized spacial score (nSPS) is 18.7. The largest absolute Gasteiger partial charge is 0.307 e. The van der Waals surface area contributed by atoms with E-state index < -0.39 is 0 Å². The fraction of sp³-hybridized carbons (Fsp3) is 0.600. The van der Waals surface area contributed by atoms with E-state index >= 15 is 0 Å². The monoisotopic (exact) mass is 253 g/mol. The van der Waals surface area contributed by atoms with Crippen molar-refractivity contribution in [3.05, 3.63) is 35.4 Å². The average molecular weight is 253 g/mol. The van der Waals surface area contributed by atoms with Crippen LogP contribution in [0.25, 0.3) is 0 Å². The van der Waals surface area contributed by atoms with Gasteiger partial charge in [0.1, 0.15) is 11.6 Å². The van der Waals surface area contributed by atoms with Crippen molar-refractivity contribution in [2.45, 2.75) is 51.6 Å². The summed E-state index contributed by atoms with van der Waals surface area (Å²) in [6.07, 6.45) is 4.82. The first-order valence-electron chi connectivity index (χ1n) is 6.81. The Morgan fingerprint density at radius 1 is 1.33 bits per heavy atom. The van der Waals surface area contributed by atoms with Crippen LogP contribution in [0.1, 0.15) is 51.1 Å². The quantitative estimate of drug-likeness (QED) is 0.801. The number of halogens is 2. The summed E-state index contributed by atoms with van der Waals surface area (Å²) in [5.41, 5.74) is 0.421. The van der Waals surface area contributed by atoms with Crippen LogP contribution in [0, 0.1) is 17.6 Å². The number of nitrogens with one attached hydrogen (secondary N) is 1. The van der Waals surface area contributed by atoms with E-state index in [-0.39, 0.29) is 17.7 Å². The molecule has 1 fully saturated rings. The van der Waals surface area contributed by atoms with Crippen LogP contribution >= 0.6 is 0 Å². The van der Waals surface area contributed by atoms with Crippen molar-refractivity contribution in [1.82, 2.24) is 5.32 Å². The van der Waals surface area contributed by atoms with Gasteiger partial charge < -0.3 is 5.32 Å². The smallest absolute Gasteiger partial charge is 0.128 e. The fourth-order valence-corrected chi connectivity index (χ4v) is 2.40. The number of hydrogen-bond donors (Lipinski definition) is 1. The molecule has 0 aliphatic heterocycles. The van der Waals surface area contributed by atoms with Crippen LogP contribution in [-0.2, 0) is 0 Å². The fourth-order valence-electron chi connectivity index (χ4n) is 2.40. The highest BCUT2D eigenvalue weighted by Gasteiger charge is 2.25. The van der Waals surface area contributed by atoms with Gasteiger partial charge in [-0.15, -0.1) is 0 Å². The molecule has 1 aromatic rings. The summed E-state index contributed by atoms with van der Waals surface area (Å²) >= 11 is 0. The molecule has 0 heterocycles. The maximum absolute atomic E-state index is 13.6. The predicted octanol–water partition coefficient (Wildman–Crippen LogP) is 4.19. The Hall–Kier alpha value is -0.960. The molecule has 0 amide bonds. The van der Waals surface area contributed by atoms with E-state index in [9.17, 15) is 8.78 Å². The van der Waals surface area contributed by atoms with Gasteiger partial charge in [0.05, 0.1) is 0 Å². The maximum atomic E-state index is 13.6. The van der Waals surface area contributed by atoms with Gasteiger partial charge >= 0.3 is 0 Å². The van der Waals surface area contributed by atoms with Crippen molar-refractivity contribution in [3.8, 4) is 0 Å². The summed E-state index contributed by atoms with van der Waals surface area (Å²) in [5, 5.41) is 3.42. The van der Waals surface area contributed by atoms with Gasteiger partial charge in [-0.25, -0.2) is 8.78 Å². The maximum Gasteiger partial charge on any atom is 0.128 e. The molecule has 1 N–H and O–H groups in total. The molecule has 1 aromatic carbocycles. The Labute approximate surface area is 108 Å². The number of rotatable bonds is 6. The van der Waals surface area contributed by atoms with Gasteiger partial charge in [-0.2, -0.15) is 0 Å². The molecule has 1 aliphatic carbocycles. The van der Waals surface area contributed by atoms with Crippen molar-refractivity contribution in [2.24, 2.45) is 5.92 Å². The molecule has 1 aliphatic rings. The zero-order valence-corrected chi connectivity index (χ0v) is 11.0. The van der Waals surface area contributed by atoms with Crippen molar-refractivity contribution >= 4 is 0 Å². The van der Waals surface area contributed by atoms with Crippen LogP contribution in [0.3, 0.4) is 0 Å². The molecule has 1 nitrogen and oxygen atoms in total. The van der Waals surface area contributed by atoms with E-state index in [1.165, 1.54) is 25.0 Å². The minimum atomic E-state index is -0.379. The zero-order chi connectivity index (χ0) is 13.1. The first-order chi connectivity index (χ1) is 8.60. The van der Waals surface area contributed by atoms with Crippen LogP contribution in [-0.4, -0.2) is 6.04 Å². The molecule has 0 aromatic heterocycles. The summed E-state index contributed by atoms with van der Waals surface area (Å²) in [4.78, 5) is 0. The van der Waals surface area contributed by atoms with Crippen LogP contribution in [0.2, 0.25) is 0 Å². The molecule has 0 spiro atoms. The molecule has 2 unspecified atom stereocenters. The minimum absolute atomic E-state index is 0.149. The number of benzene rings is 1. The second-order valence-corrected chi connectivity index (χ2v) is 5.34. The van der Waals surface area contributed by atoms with Gasteiger partial charge in [0.25, 0.3) is 0 Å². The van der Waals surface area contributed by atoms with Crippen molar-refractivity contribution in [3.63, 3.8) is 0 Å². The standard InChI is InChI=1S/C15H21F2N/c1-3-13(8-11-4-5-11)18-10(2)14-9-12(16)6-7-15(14)17/h6-7,9-11,13,18H,3-5,8H2,1-2H3. The van der Waals surface area contributed by atoms with Gasteiger partial charge in [0.15, 0.2) is 0 Å². The van der Waals surface area contributed by atoms with E-state index in [1.54, 1.807) is 0 Å². The van der Waals surface area contributed by atoms with Gasteiger partial charge in [-0.05, 0) is 43.9 Å². The van der Waals surface area contributed by atoms with E-state index in [0.717, 1.165) is 24.8 Å². The highest BCUT2D eigenvalue weighted by atomic mass is 19.1. The molecule has 100 valence electrons. The molecule has 18 heavy (non-hydrogen) atoms. The lowest BCUT2D eigenvalue weighted by Crippen LogP contribution is -2.32. The average Bonchev–Trinajstić information content (AvgIpc) is 3.15. The summed E-state index contributed by atoms with van der Waals surface area (Å²) in [6.45, 7) is 4.03. The third kappa shape index (κ3) is 3.52. The van der Waals surface area contributed by atoms with E-state index in [1.807, 2.05) is 6.92 Å². The molecule has 0 saturated heterocycles. The Morgan fingerprint density at radius 2 is 2.06 bits per heavy atom. The summed E-state index contributed by atoms with van der Waals surface area (Å²) in [5.74, 6) is 0.125. The molecule has 0 bridgehead atoms. The number of hydrogen-bond acceptors (Lipinski definition) is 1. The van der Waals surface area contributed by atoms with Crippen LogP contribution in [0.15, 0.2) is 18.2 Å². The van der Waals surface area contributed by atoms with Crippen molar-refractivity contribution < 1.29 is 8.78 Å². The second kappa shape index (κ2) is 5.79. The highest BCUT2D eigenvalue weighted by Crippen LogP contribution is 2.34. The van der Waals surface area contributed by atoms with Crippen LogP contribution in [0.5, 0.6) is 0 Å². The lowest BCUT2D eigenvalue weighted by molar-refractivity contribution is 0.395. The van der Waals surface area contributed by atoms with E-state index in [4.69, 9.17) is 0 Å². The molecular formula is C15H21F2N. The Kier molecular flexibility index (Phi) is 4.33. The van der Waals surface area contributed by atoms with Gasteiger partial charge in [-0.3, -0.25) is 0 Å². The molecule has 0 radical (unpaired) electrons. The van der Waals surface area contributed by atoms with E-state index in [2.05, 4.69) is 12.2 Å². The Bertz CT molecular complexity index is 401. The first kappa shape index (κ1) is 13.5. The Balaban J connectivity index is 2.00. The molecular weight excluding hydrogens is 232 g/mol. The molecule has 2 atom stereocenters. The molecule has 1 saturated carbocycles. The topological polar surface area (TPSA) is 12.0 Å². The summed E-state index contributed by atoms with van der Waals surface area (Å²) in [6, 6.07) is 3.90. The summed E-state index contributed by atoms with van der Waals surface area (Å²) < 4.78 is 26.8. The predicted molar refractivity (Wildman–Crippen MR) is 69.3 cm³/mol.